The number of halogens is 1. The van der Waals surface area contributed by atoms with Gasteiger partial charge in [-0.15, -0.1) is 0 Å². The topological polar surface area (TPSA) is 40.5 Å². The smallest absolute Gasteiger partial charge is 0.0690 e. The number of alkyl halides is 1. The molecule has 0 saturated heterocycles. The van der Waals surface area contributed by atoms with Gasteiger partial charge in [0.15, 0.2) is 0 Å². The van der Waals surface area contributed by atoms with Crippen LogP contribution in [-0.2, 0) is 0 Å². The molecule has 1 aliphatic rings. The van der Waals surface area contributed by atoms with Crippen LogP contribution in [0.4, 0.5) is 0 Å². The highest BCUT2D eigenvalue weighted by Crippen LogP contribution is 2.23. The summed E-state index contributed by atoms with van der Waals surface area (Å²) in [5.41, 5.74) is 0. The Morgan fingerprint density at radius 1 is 1.00 bits per heavy atom. The minimum absolute atomic E-state index is 0.116. The second-order valence-electron chi connectivity index (χ2n) is 2.86. The van der Waals surface area contributed by atoms with E-state index in [2.05, 4.69) is 15.9 Å². The molecule has 1 rings (SSSR count). The quantitative estimate of drug-likeness (QED) is 0.462. The molecule has 0 aromatic rings. The molecular weight excluding hydrogens is 196 g/mol. The van der Waals surface area contributed by atoms with Crippen LogP contribution in [0.1, 0.15) is 25.7 Å². The van der Waals surface area contributed by atoms with Gasteiger partial charge in [0.2, 0.25) is 0 Å². The molecule has 0 aromatic carbocycles. The van der Waals surface area contributed by atoms with E-state index in [4.69, 9.17) is 0 Å². The Morgan fingerprint density at radius 2 is 1.40 bits per heavy atom. The van der Waals surface area contributed by atoms with Crippen LogP contribution in [0, 0.1) is 0 Å². The summed E-state index contributed by atoms with van der Waals surface area (Å²) in [5, 5.41) is 18.6. The lowest BCUT2D eigenvalue weighted by molar-refractivity contribution is 0.0957. The normalized spacial score (nSPS) is 37.5. The largest absolute Gasteiger partial charge is 0.392 e. The Kier molecular flexibility index (Phi) is 3.14. The van der Waals surface area contributed by atoms with Gasteiger partial charge in [-0.1, -0.05) is 28.8 Å². The second-order valence-corrected chi connectivity index (χ2v) is 3.92. The summed E-state index contributed by atoms with van der Waals surface area (Å²) in [5.74, 6) is 0. The maximum atomic E-state index is 9.32. The van der Waals surface area contributed by atoms with E-state index in [1.807, 2.05) is 0 Å². The van der Waals surface area contributed by atoms with E-state index in [0.29, 0.717) is 0 Å². The fraction of sp³-hybridized carbons (Fsp3) is 1.00. The molecule has 0 aliphatic heterocycles. The SMILES string of the molecule is O[C@@H]1CCCC[C@@H](O)C1Br. The molecule has 0 aromatic heterocycles. The van der Waals surface area contributed by atoms with E-state index in [1.165, 1.54) is 0 Å². The van der Waals surface area contributed by atoms with Gasteiger partial charge in [-0.2, -0.15) is 0 Å². The van der Waals surface area contributed by atoms with E-state index >= 15 is 0 Å². The fourth-order valence-corrected chi connectivity index (χ4v) is 1.81. The van der Waals surface area contributed by atoms with E-state index in [0.717, 1.165) is 25.7 Å². The highest BCUT2D eigenvalue weighted by Gasteiger charge is 2.26. The molecule has 2 atom stereocenters. The molecule has 3 heteroatoms. The highest BCUT2D eigenvalue weighted by atomic mass is 79.9. The maximum Gasteiger partial charge on any atom is 0.0690 e. The molecule has 1 aliphatic carbocycles. The van der Waals surface area contributed by atoms with Crippen molar-refractivity contribution in [2.24, 2.45) is 0 Å². The van der Waals surface area contributed by atoms with Crippen molar-refractivity contribution in [3.8, 4) is 0 Å². The number of hydrogen-bond donors (Lipinski definition) is 2. The molecule has 2 N–H and O–H groups in total. The molecule has 0 unspecified atom stereocenters. The molecule has 0 heterocycles. The first-order valence-electron chi connectivity index (χ1n) is 3.72. The Morgan fingerprint density at radius 3 is 1.80 bits per heavy atom. The molecule has 10 heavy (non-hydrogen) atoms. The lowest BCUT2D eigenvalue weighted by Crippen LogP contribution is -2.30. The zero-order valence-electron chi connectivity index (χ0n) is 5.83. The molecule has 0 amide bonds. The van der Waals surface area contributed by atoms with E-state index < -0.39 is 0 Å². The van der Waals surface area contributed by atoms with Gasteiger partial charge in [0.25, 0.3) is 0 Å². The predicted octanol–water partition coefficient (Wildman–Crippen LogP) is 1.05. The van der Waals surface area contributed by atoms with Crippen molar-refractivity contribution in [2.45, 2.75) is 42.7 Å². The van der Waals surface area contributed by atoms with E-state index in [1.54, 1.807) is 0 Å². The van der Waals surface area contributed by atoms with Gasteiger partial charge in [0.1, 0.15) is 0 Å². The standard InChI is InChI=1S/C7H13BrO2/c8-7-5(9)3-1-2-4-6(7)10/h5-7,9-10H,1-4H2/t5-,6-/m1/s1. The minimum Gasteiger partial charge on any atom is -0.392 e. The summed E-state index contributed by atoms with van der Waals surface area (Å²) < 4.78 is 0. The number of aliphatic hydroxyl groups is 2. The number of rotatable bonds is 0. The first-order chi connectivity index (χ1) is 4.72. The third-order valence-corrected chi connectivity index (χ3v) is 3.21. The third kappa shape index (κ3) is 1.94. The van der Waals surface area contributed by atoms with Crippen LogP contribution in [0.25, 0.3) is 0 Å². The Bertz CT molecular complexity index is 95.8. The average molecular weight is 209 g/mol. The number of hydrogen-bond acceptors (Lipinski definition) is 2. The van der Waals surface area contributed by atoms with Gasteiger partial charge in [-0.05, 0) is 12.8 Å². The van der Waals surface area contributed by atoms with Crippen molar-refractivity contribution >= 4 is 15.9 Å². The van der Waals surface area contributed by atoms with E-state index in [9.17, 15) is 10.2 Å². The summed E-state index contributed by atoms with van der Waals surface area (Å²) in [4.78, 5) is -0.116. The monoisotopic (exact) mass is 208 g/mol. The van der Waals surface area contributed by atoms with Gasteiger partial charge in [0.05, 0.1) is 17.0 Å². The van der Waals surface area contributed by atoms with Crippen LogP contribution >= 0.6 is 15.9 Å². The molecular formula is C7H13BrO2. The van der Waals surface area contributed by atoms with Crippen molar-refractivity contribution in [2.75, 3.05) is 0 Å². The van der Waals surface area contributed by atoms with Gasteiger partial charge >= 0.3 is 0 Å². The summed E-state index contributed by atoms with van der Waals surface area (Å²) in [7, 11) is 0. The first-order valence-corrected chi connectivity index (χ1v) is 4.63. The lowest BCUT2D eigenvalue weighted by atomic mass is 10.1. The molecule has 0 bridgehead atoms. The Hall–Kier alpha value is 0.400. The van der Waals surface area contributed by atoms with Crippen molar-refractivity contribution in [3.05, 3.63) is 0 Å². The van der Waals surface area contributed by atoms with Crippen LogP contribution in [0.5, 0.6) is 0 Å². The predicted molar refractivity (Wildman–Crippen MR) is 43.2 cm³/mol. The Labute approximate surface area is 69.4 Å². The van der Waals surface area contributed by atoms with Crippen molar-refractivity contribution in [1.29, 1.82) is 0 Å². The summed E-state index contributed by atoms with van der Waals surface area (Å²) >= 11 is 3.27. The molecule has 2 nitrogen and oxygen atoms in total. The van der Waals surface area contributed by atoms with Gasteiger partial charge in [-0.25, -0.2) is 0 Å². The zero-order valence-corrected chi connectivity index (χ0v) is 7.42. The van der Waals surface area contributed by atoms with Crippen molar-refractivity contribution in [3.63, 3.8) is 0 Å². The van der Waals surface area contributed by atoms with Crippen LogP contribution in [0.3, 0.4) is 0 Å². The zero-order chi connectivity index (χ0) is 7.56. The minimum atomic E-state index is -0.363. The van der Waals surface area contributed by atoms with Crippen LogP contribution in [0.2, 0.25) is 0 Å². The third-order valence-electron chi connectivity index (χ3n) is 1.98. The van der Waals surface area contributed by atoms with Gasteiger partial charge < -0.3 is 10.2 Å². The summed E-state index contributed by atoms with van der Waals surface area (Å²) in [6.07, 6.45) is 2.95. The molecule has 1 fully saturated rings. The van der Waals surface area contributed by atoms with Crippen LogP contribution in [-0.4, -0.2) is 27.2 Å². The van der Waals surface area contributed by atoms with Gasteiger partial charge in [0, 0.05) is 0 Å². The van der Waals surface area contributed by atoms with Crippen molar-refractivity contribution in [1.82, 2.24) is 0 Å². The van der Waals surface area contributed by atoms with E-state index in [-0.39, 0.29) is 17.0 Å². The molecule has 1 saturated carbocycles. The van der Waals surface area contributed by atoms with Gasteiger partial charge in [-0.3, -0.25) is 0 Å². The first kappa shape index (κ1) is 8.50. The van der Waals surface area contributed by atoms with Crippen LogP contribution < -0.4 is 0 Å². The highest BCUT2D eigenvalue weighted by molar-refractivity contribution is 9.09. The second kappa shape index (κ2) is 3.69. The maximum absolute atomic E-state index is 9.32. The molecule has 0 spiro atoms. The average Bonchev–Trinajstić information content (AvgIpc) is 2.04. The van der Waals surface area contributed by atoms with Crippen molar-refractivity contribution < 1.29 is 10.2 Å². The van der Waals surface area contributed by atoms with Crippen LogP contribution in [0.15, 0.2) is 0 Å². The number of aliphatic hydroxyl groups excluding tert-OH is 2. The molecule has 0 radical (unpaired) electrons. The Balaban J connectivity index is 2.46. The lowest BCUT2D eigenvalue weighted by Gasteiger charge is -2.17. The summed E-state index contributed by atoms with van der Waals surface area (Å²) in [6.45, 7) is 0. The fourth-order valence-electron chi connectivity index (χ4n) is 1.28. The summed E-state index contributed by atoms with van der Waals surface area (Å²) in [6, 6.07) is 0. The molecule has 60 valence electrons.